The van der Waals surface area contributed by atoms with E-state index in [9.17, 15) is 10.1 Å². The third-order valence-electron chi connectivity index (χ3n) is 4.01. The molecule has 120 valence electrons. The maximum atomic E-state index is 11.2. The first-order valence-electron chi connectivity index (χ1n) is 7.51. The summed E-state index contributed by atoms with van der Waals surface area (Å²) in [6, 6.07) is 10.4. The lowest BCUT2D eigenvalue weighted by atomic mass is 10.1. The zero-order valence-electron chi connectivity index (χ0n) is 12.6. The number of non-ortho nitro benzene ring substituents is 1. The Morgan fingerprint density at radius 2 is 1.96 bits per heavy atom. The second kappa shape index (κ2) is 5.73. The maximum absolute atomic E-state index is 11.2. The summed E-state index contributed by atoms with van der Waals surface area (Å²) in [5.74, 6) is 1.03. The molecule has 2 aromatic carbocycles. The van der Waals surface area contributed by atoms with E-state index in [-0.39, 0.29) is 5.69 Å². The van der Waals surface area contributed by atoms with Gasteiger partial charge in [-0.3, -0.25) is 10.1 Å². The highest BCUT2D eigenvalue weighted by molar-refractivity contribution is 5.51. The van der Waals surface area contributed by atoms with Crippen molar-refractivity contribution in [1.82, 2.24) is 20.2 Å². The minimum atomic E-state index is -0.469. The van der Waals surface area contributed by atoms with Crippen LogP contribution in [0.4, 0.5) is 5.69 Å². The number of fused-ring (bicyclic) bond motifs is 1. The van der Waals surface area contributed by atoms with Crippen molar-refractivity contribution < 1.29 is 9.66 Å². The third-order valence-corrected chi connectivity index (χ3v) is 4.01. The molecule has 1 aromatic heterocycles. The number of hydrogen-bond acceptors (Lipinski definition) is 6. The Kier molecular flexibility index (Phi) is 3.42. The lowest BCUT2D eigenvalue weighted by Crippen LogP contribution is -1.98. The predicted octanol–water partition coefficient (Wildman–Crippen LogP) is 2.85. The van der Waals surface area contributed by atoms with Crippen LogP contribution >= 0.6 is 0 Å². The van der Waals surface area contributed by atoms with Crippen LogP contribution in [0.1, 0.15) is 17.5 Å². The lowest BCUT2D eigenvalue weighted by molar-refractivity contribution is -0.384. The van der Waals surface area contributed by atoms with Gasteiger partial charge in [-0.1, -0.05) is 6.07 Å². The number of tetrazole rings is 1. The Bertz CT molecular complexity index is 908. The molecule has 0 atom stereocenters. The molecule has 3 aromatic rings. The molecule has 0 unspecified atom stereocenters. The first kappa shape index (κ1) is 14.3. The van der Waals surface area contributed by atoms with Crippen LogP contribution in [0, 0.1) is 10.1 Å². The van der Waals surface area contributed by atoms with Crippen molar-refractivity contribution in [3.05, 3.63) is 64.0 Å². The number of hydrogen-bond donors (Lipinski definition) is 0. The quantitative estimate of drug-likeness (QED) is 0.541. The Morgan fingerprint density at radius 1 is 1.08 bits per heavy atom. The fourth-order valence-corrected chi connectivity index (χ4v) is 2.89. The number of nitro benzene ring substituents is 1. The second-order valence-electron chi connectivity index (χ2n) is 5.58. The van der Waals surface area contributed by atoms with Crippen LogP contribution in [0.2, 0.25) is 0 Å². The molecule has 1 aliphatic carbocycles. The van der Waals surface area contributed by atoms with Gasteiger partial charge in [0.2, 0.25) is 0 Å². The molecule has 0 bridgehead atoms. The van der Waals surface area contributed by atoms with Gasteiger partial charge in [-0.25, -0.2) is 4.68 Å². The predicted molar refractivity (Wildman–Crippen MR) is 84.3 cm³/mol. The summed E-state index contributed by atoms with van der Waals surface area (Å²) in [7, 11) is 0. The van der Waals surface area contributed by atoms with E-state index in [1.54, 1.807) is 6.07 Å². The van der Waals surface area contributed by atoms with Crippen LogP contribution in [0.25, 0.3) is 5.69 Å². The van der Waals surface area contributed by atoms with Crippen LogP contribution in [0.15, 0.2) is 42.7 Å². The van der Waals surface area contributed by atoms with Crippen LogP contribution in [0.3, 0.4) is 0 Å². The molecule has 0 aliphatic heterocycles. The van der Waals surface area contributed by atoms with Gasteiger partial charge in [0.25, 0.3) is 5.69 Å². The molecule has 0 fully saturated rings. The highest BCUT2D eigenvalue weighted by atomic mass is 16.6. The topological polar surface area (TPSA) is 96.0 Å². The van der Waals surface area contributed by atoms with Gasteiger partial charge in [-0.15, -0.1) is 5.10 Å². The van der Waals surface area contributed by atoms with Gasteiger partial charge >= 0.3 is 0 Å². The van der Waals surface area contributed by atoms with Gasteiger partial charge in [0, 0.05) is 12.1 Å². The molecule has 0 saturated carbocycles. The third kappa shape index (κ3) is 2.69. The summed E-state index contributed by atoms with van der Waals surface area (Å²) in [5.41, 5.74) is 3.00. The van der Waals surface area contributed by atoms with Crippen LogP contribution in [0.5, 0.6) is 11.5 Å². The molecule has 0 saturated heterocycles. The van der Waals surface area contributed by atoms with Gasteiger partial charge < -0.3 is 4.74 Å². The summed E-state index contributed by atoms with van der Waals surface area (Å²) < 4.78 is 7.20. The molecule has 0 spiro atoms. The standard InChI is InChI=1S/C16H13N5O3/c22-21(23)14-7-13(20-10-17-18-19-20)8-16(9-14)24-15-5-4-11-2-1-3-12(11)6-15/h4-10H,1-3H2. The van der Waals surface area contributed by atoms with Crippen LogP contribution in [-0.4, -0.2) is 25.1 Å². The number of aryl methyl sites for hydroxylation is 2. The van der Waals surface area contributed by atoms with E-state index in [4.69, 9.17) is 4.74 Å². The summed E-state index contributed by atoms with van der Waals surface area (Å²) in [6.45, 7) is 0. The molecule has 0 radical (unpaired) electrons. The fourth-order valence-electron chi connectivity index (χ4n) is 2.89. The summed E-state index contributed by atoms with van der Waals surface area (Å²) >= 11 is 0. The number of nitro groups is 1. The van der Waals surface area contributed by atoms with Crippen molar-refractivity contribution in [2.24, 2.45) is 0 Å². The molecule has 0 N–H and O–H groups in total. The highest BCUT2D eigenvalue weighted by Gasteiger charge is 2.15. The monoisotopic (exact) mass is 323 g/mol. The number of nitrogens with zero attached hydrogens (tertiary/aromatic N) is 5. The van der Waals surface area contributed by atoms with Crippen molar-refractivity contribution in [3.63, 3.8) is 0 Å². The Balaban J connectivity index is 1.70. The zero-order valence-corrected chi connectivity index (χ0v) is 12.6. The van der Waals surface area contributed by atoms with Gasteiger partial charge in [-0.2, -0.15) is 0 Å². The number of ether oxygens (including phenoxy) is 1. The average Bonchev–Trinajstić information content (AvgIpc) is 3.25. The number of rotatable bonds is 4. The Labute approximate surface area is 136 Å². The van der Waals surface area contributed by atoms with E-state index in [0.717, 1.165) is 19.3 Å². The Morgan fingerprint density at radius 3 is 2.75 bits per heavy atom. The minimum absolute atomic E-state index is 0.0841. The van der Waals surface area contributed by atoms with E-state index in [1.165, 1.54) is 34.3 Å². The molecular weight excluding hydrogens is 310 g/mol. The van der Waals surface area contributed by atoms with E-state index in [1.807, 2.05) is 12.1 Å². The Hall–Kier alpha value is -3.29. The van der Waals surface area contributed by atoms with Crippen molar-refractivity contribution in [2.75, 3.05) is 0 Å². The molecule has 0 amide bonds. The molecule has 4 rings (SSSR count). The minimum Gasteiger partial charge on any atom is -0.457 e. The summed E-state index contributed by atoms with van der Waals surface area (Å²) in [5, 5.41) is 22.0. The molecule has 1 aliphatic rings. The smallest absolute Gasteiger partial charge is 0.275 e. The number of aromatic nitrogens is 4. The van der Waals surface area contributed by atoms with Gasteiger partial charge in [-0.05, 0) is 52.9 Å². The van der Waals surface area contributed by atoms with Crippen LogP contribution in [-0.2, 0) is 12.8 Å². The fraction of sp³-hybridized carbons (Fsp3) is 0.188. The average molecular weight is 323 g/mol. The van der Waals surface area contributed by atoms with E-state index < -0.39 is 4.92 Å². The summed E-state index contributed by atoms with van der Waals surface area (Å²) in [4.78, 5) is 10.7. The van der Waals surface area contributed by atoms with Crippen molar-refractivity contribution in [2.45, 2.75) is 19.3 Å². The highest BCUT2D eigenvalue weighted by Crippen LogP contribution is 2.31. The lowest BCUT2D eigenvalue weighted by Gasteiger charge is -2.09. The van der Waals surface area contributed by atoms with E-state index in [2.05, 4.69) is 21.6 Å². The molecule has 1 heterocycles. The van der Waals surface area contributed by atoms with E-state index >= 15 is 0 Å². The largest absolute Gasteiger partial charge is 0.457 e. The first-order valence-corrected chi connectivity index (χ1v) is 7.51. The SMILES string of the molecule is O=[N+]([O-])c1cc(Oc2ccc3c(c2)CCC3)cc(-n2cnnn2)c1. The molecule has 24 heavy (non-hydrogen) atoms. The second-order valence-corrected chi connectivity index (χ2v) is 5.58. The molecule has 8 heteroatoms. The summed E-state index contributed by atoms with van der Waals surface area (Å²) in [6.07, 6.45) is 4.66. The van der Waals surface area contributed by atoms with Crippen LogP contribution < -0.4 is 4.74 Å². The van der Waals surface area contributed by atoms with Gasteiger partial charge in [0.05, 0.1) is 16.7 Å². The van der Waals surface area contributed by atoms with E-state index in [0.29, 0.717) is 17.2 Å². The van der Waals surface area contributed by atoms with Gasteiger partial charge in [0.1, 0.15) is 17.8 Å². The van der Waals surface area contributed by atoms with Gasteiger partial charge in [0.15, 0.2) is 0 Å². The molecule has 8 nitrogen and oxygen atoms in total. The van der Waals surface area contributed by atoms with Crippen molar-refractivity contribution in [3.8, 4) is 17.2 Å². The normalized spacial score (nSPS) is 12.8. The molecular formula is C16H13N5O3. The first-order chi connectivity index (χ1) is 11.7. The van der Waals surface area contributed by atoms with Crippen molar-refractivity contribution in [1.29, 1.82) is 0 Å². The van der Waals surface area contributed by atoms with Crippen molar-refractivity contribution >= 4 is 5.69 Å². The maximum Gasteiger partial charge on any atom is 0.275 e. The number of benzene rings is 2. The zero-order chi connectivity index (χ0) is 16.5.